The van der Waals surface area contributed by atoms with E-state index in [2.05, 4.69) is 10.3 Å². The first-order valence-electron chi connectivity index (χ1n) is 12.1. The molecule has 0 fully saturated rings. The van der Waals surface area contributed by atoms with Crippen molar-refractivity contribution in [2.75, 3.05) is 31.3 Å². The van der Waals surface area contributed by atoms with Crippen LogP contribution in [0.15, 0.2) is 70.7 Å². The number of rotatable bonds is 11. The lowest BCUT2D eigenvalue weighted by atomic mass is 10.2. The first-order valence-corrected chi connectivity index (χ1v) is 14.9. The van der Waals surface area contributed by atoms with Crippen LogP contribution in [0.4, 0.5) is 11.4 Å². The minimum Gasteiger partial charge on any atom is -0.495 e. The normalized spacial score (nSPS) is 11.6. The summed E-state index contributed by atoms with van der Waals surface area (Å²) in [5.41, 5.74) is 1.77. The van der Waals surface area contributed by atoms with Gasteiger partial charge in [0, 0.05) is 25.2 Å². The van der Waals surface area contributed by atoms with Crippen LogP contribution in [-0.4, -0.2) is 59.1 Å². The van der Waals surface area contributed by atoms with Crippen molar-refractivity contribution in [1.29, 1.82) is 0 Å². The van der Waals surface area contributed by atoms with Gasteiger partial charge in [-0.25, -0.2) is 13.4 Å². The highest BCUT2D eigenvalue weighted by Crippen LogP contribution is 2.34. The predicted molar refractivity (Wildman–Crippen MR) is 155 cm³/mol. The lowest BCUT2D eigenvalue weighted by molar-refractivity contribution is -0.384. The quantitative estimate of drug-likeness (QED) is 0.137. The molecule has 210 valence electrons. The average molecular weight is 604 g/mol. The number of para-hydroxylation sites is 2. The maximum Gasteiger partial charge on any atom is 0.271 e. The molecule has 40 heavy (non-hydrogen) atoms. The minimum absolute atomic E-state index is 0.0377. The maximum absolute atomic E-state index is 13.1. The van der Waals surface area contributed by atoms with Crippen molar-refractivity contribution in [2.24, 2.45) is 0 Å². The Bertz CT molecular complexity index is 1690. The number of halogens is 1. The third-order valence-electron chi connectivity index (χ3n) is 6.03. The molecule has 0 radical (unpaired) electrons. The van der Waals surface area contributed by atoms with Gasteiger partial charge in [-0.1, -0.05) is 49.3 Å². The van der Waals surface area contributed by atoms with Crippen molar-refractivity contribution >= 4 is 61.7 Å². The number of nitrogens with one attached hydrogen (secondary N) is 1. The van der Waals surface area contributed by atoms with Crippen molar-refractivity contribution in [2.45, 2.75) is 23.9 Å². The molecule has 0 atom stereocenters. The Morgan fingerprint density at radius 1 is 1.15 bits per heavy atom. The number of non-ortho nitro benzene ring substituents is 1. The predicted octanol–water partition coefficient (Wildman–Crippen LogP) is 5.36. The van der Waals surface area contributed by atoms with E-state index in [4.69, 9.17) is 16.3 Å². The molecule has 0 aliphatic rings. The molecule has 14 heteroatoms. The fourth-order valence-corrected chi connectivity index (χ4v) is 6.61. The van der Waals surface area contributed by atoms with Crippen LogP contribution in [0.5, 0.6) is 5.75 Å². The summed E-state index contributed by atoms with van der Waals surface area (Å²) in [6.45, 7) is 4.22. The number of imidazole rings is 1. The number of carbonyl (C=O) groups is 1. The van der Waals surface area contributed by atoms with E-state index in [-0.39, 0.29) is 27.0 Å². The average Bonchev–Trinajstić information content (AvgIpc) is 3.30. The molecule has 0 aliphatic carbocycles. The molecular formula is C26H26ClN5O6S2. The number of nitrogens with zero attached hydrogens (tertiary/aromatic N) is 4. The number of carbonyl (C=O) groups excluding carboxylic acids is 1. The highest BCUT2D eigenvalue weighted by Gasteiger charge is 2.24. The number of fused-ring (bicyclic) bond motifs is 1. The smallest absolute Gasteiger partial charge is 0.271 e. The molecule has 0 saturated carbocycles. The topological polar surface area (TPSA) is 137 Å². The second-order valence-corrected chi connectivity index (χ2v) is 11.7. The molecule has 1 aromatic heterocycles. The van der Waals surface area contributed by atoms with Crippen molar-refractivity contribution in [1.82, 2.24) is 13.9 Å². The first kappa shape index (κ1) is 29.3. The maximum atomic E-state index is 13.1. The van der Waals surface area contributed by atoms with Crippen molar-refractivity contribution in [3.63, 3.8) is 0 Å². The third kappa shape index (κ3) is 5.92. The second kappa shape index (κ2) is 12.3. The summed E-state index contributed by atoms with van der Waals surface area (Å²) in [7, 11) is -2.17. The van der Waals surface area contributed by atoms with E-state index < -0.39 is 20.9 Å². The summed E-state index contributed by atoms with van der Waals surface area (Å²) in [4.78, 5) is 28.0. The van der Waals surface area contributed by atoms with Crippen LogP contribution in [0.1, 0.15) is 13.8 Å². The van der Waals surface area contributed by atoms with Crippen LogP contribution in [0.25, 0.3) is 16.7 Å². The molecule has 1 heterocycles. The summed E-state index contributed by atoms with van der Waals surface area (Å²) >= 11 is 7.24. The molecule has 3 aromatic carbocycles. The van der Waals surface area contributed by atoms with Gasteiger partial charge in [0.1, 0.15) is 5.75 Å². The van der Waals surface area contributed by atoms with Crippen molar-refractivity contribution in [3.8, 4) is 11.4 Å². The summed E-state index contributed by atoms with van der Waals surface area (Å²) in [5.74, 6) is 0.0749. The van der Waals surface area contributed by atoms with Gasteiger partial charge in [-0.15, -0.1) is 0 Å². The number of hydrogen-bond acceptors (Lipinski definition) is 8. The molecule has 1 N–H and O–H groups in total. The van der Waals surface area contributed by atoms with Crippen LogP contribution >= 0.6 is 23.4 Å². The van der Waals surface area contributed by atoms with Gasteiger partial charge >= 0.3 is 0 Å². The fraction of sp³-hybridized carbons (Fsp3) is 0.231. The lowest BCUT2D eigenvalue weighted by Crippen LogP contribution is -2.30. The Morgan fingerprint density at radius 3 is 2.52 bits per heavy atom. The number of nitro benzene ring substituents is 1. The number of ether oxygens (including phenoxy) is 1. The Morgan fingerprint density at radius 2 is 1.88 bits per heavy atom. The highest BCUT2D eigenvalue weighted by molar-refractivity contribution is 7.99. The van der Waals surface area contributed by atoms with Crippen molar-refractivity contribution < 1.29 is 22.9 Å². The minimum atomic E-state index is -3.71. The molecule has 0 spiro atoms. The number of nitro groups is 1. The summed E-state index contributed by atoms with van der Waals surface area (Å²) in [6.07, 6.45) is 0. The molecule has 0 unspecified atom stereocenters. The lowest BCUT2D eigenvalue weighted by Gasteiger charge is -2.18. The van der Waals surface area contributed by atoms with Crippen LogP contribution in [0.2, 0.25) is 5.02 Å². The van der Waals surface area contributed by atoms with Gasteiger partial charge in [0.25, 0.3) is 5.69 Å². The van der Waals surface area contributed by atoms with Gasteiger partial charge in [0.2, 0.25) is 15.9 Å². The number of methoxy groups -OCH3 is 1. The highest BCUT2D eigenvalue weighted by atomic mass is 35.5. The van der Waals surface area contributed by atoms with Crippen LogP contribution < -0.4 is 10.1 Å². The van der Waals surface area contributed by atoms with Gasteiger partial charge in [-0.2, -0.15) is 4.31 Å². The van der Waals surface area contributed by atoms with E-state index in [0.717, 1.165) is 17.8 Å². The van der Waals surface area contributed by atoms with E-state index in [1.165, 1.54) is 22.5 Å². The first-order chi connectivity index (χ1) is 19.1. The van der Waals surface area contributed by atoms with E-state index in [1.54, 1.807) is 43.7 Å². The van der Waals surface area contributed by atoms with Crippen molar-refractivity contribution in [3.05, 3.63) is 75.8 Å². The van der Waals surface area contributed by atoms with Gasteiger partial charge in [0.15, 0.2) is 5.16 Å². The summed E-state index contributed by atoms with van der Waals surface area (Å²) < 4.78 is 35.0. The zero-order valence-electron chi connectivity index (χ0n) is 21.8. The number of aromatic nitrogens is 2. The molecule has 0 saturated heterocycles. The fourth-order valence-electron chi connectivity index (χ4n) is 4.09. The molecule has 4 rings (SSSR count). The van der Waals surface area contributed by atoms with Crippen LogP contribution in [0, 0.1) is 10.1 Å². The standard InChI is InChI=1S/C26H26ClN5O6S2/c1-4-30(5-2)40(36,37)18-11-13-22-21(15-18)29-26(31(22)23-8-6-7-9-24(23)38-3)39-16-25(33)28-20-12-10-17(32(34)35)14-19(20)27/h6-15H,4-5,16H2,1-3H3,(H,28,33). The third-order valence-corrected chi connectivity index (χ3v) is 9.33. The van der Waals surface area contributed by atoms with Gasteiger partial charge in [-0.05, 0) is 36.4 Å². The molecule has 11 nitrogen and oxygen atoms in total. The van der Waals surface area contributed by atoms with E-state index in [1.807, 2.05) is 18.2 Å². The van der Waals surface area contributed by atoms with E-state index >= 15 is 0 Å². The molecule has 4 aromatic rings. The number of sulfonamides is 1. The Kier molecular flexibility index (Phi) is 8.98. The molecule has 1 amide bonds. The Hall–Kier alpha value is -3.65. The zero-order chi connectivity index (χ0) is 29.0. The molecular weight excluding hydrogens is 578 g/mol. The van der Waals surface area contributed by atoms with Gasteiger partial charge in [0.05, 0.1) is 50.1 Å². The Balaban J connectivity index is 1.70. The number of thioether (sulfide) groups is 1. The van der Waals surface area contributed by atoms with Crippen LogP contribution in [-0.2, 0) is 14.8 Å². The number of hydrogen-bond donors (Lipinski definition) is 1. The molecule has 0 bridgehead atoms. The number of benzene rings is 3. The van der Waals surface area contributed by atoms with Gasteiger partial charge in [-0.3, -0.25) is 19.5 Å². The monoisotopic (exact) mass is 603 g/mol. The van der Waals surface area contributed by atoms with Crippen LogP contribution in [0.3, 0.4) is 0 Å². The second-order valence-electron chi connectivity index (χ2n) is 8.40. The number of anilines is 1. The summed E-state index contributed by atoms with van der Waals surface area (Å²) in [5, 5.41) is 14.1. The van der Waals surface area contributed by atoms with E-state index in [9.17, 15) is 23.3 Å². The summed E-state index contributed by atoms with van der Waals surface area (Å²) in [6, 6.07) is 15.8. The number of amides is 1. The van der Waals surface area contributed by atoms with Gasteiger partial charge < -0.3 is 10.1 Å². The SMILES string of the molecule is CCN(CC)S(=O)(=O)c1ccc2c(c1)nc(SCC(=O)Nc1ccc([N+](=O)[O-])cc1Cl)n2-c1ccccc1OC. The Labute approximate surface area is 240 Å². The largest absolute Gasteiger partial charge is 0.495 e. The molecule has 0 aliphatic heterocycles. The zero-order valence-corrected chi connectivity index (χ0v) is 24.2. The van der Waals surface area contributed by atoms with E-state index in [0.29, 0.717) is 40.7 Å².